The van der Waals surface area contributed by atoms with Crippen molar-refractivity contribution in [3.8, 4) is 0 Å². The second-order valence-electron chi connectivity index (χ2n) is 4.43. The molecule has 2 aromatic rings. The zero-order chi connectivity index (χ0) is 11.5. The van der Waals surface area contributed by atoms with Crippen molar-refractivity contribution >= 4 is 10.9 Å². The summed E-state index contributed by atoms with van der Waals surface area (Å²) >= 11 is 0. The van der Waals surface area contributed by atoms with Gasteiger partial charge in [-0.2, -0.15) is 0 Å². The van der Waals surface area contributed by atoms with E-state index in [0.29, 0.717) is 6.10 Å². The van der Waals surface area contributed by atoms with Crippen LogP contribution >= 0.6 is 0 Å². The van der Waals surface area contributed by atoms with Crippen molar-refractivity contribution in [2.45, 2.75) is 12.5 Å². The minimum absolute atomic E-state index is 0.304. The van der Waals surface area contributed by atoms with E-state index in [1.807, 2.05) is 12.3 Å². The highest BCUT2D eigenvalue weighted by Crippen LogP contribution is 2.15. The molecule has 88 valence electrons. The van der Waals surface area contributed by atoms with Gasteiger partial charge in [0.2, 0.25) is 0 Å². The monoisotopic (exact) mass is 228 g/mol. The second kappa shape index (κ2) is 4.82. The SMILES string of the molecule is c1cnc2ccc(CC3CNCCO3)cc2c1. The molecule has 1 saturated heterocycles. The third-order valence-corrected chi connectivity index (χ3v) is 3.14. The molecule has 0 saturated carbocycles. The van der Waals surface area contributed by atoms with E-state index < -0.39 is 0 Å². The number of aromatic nitrogens is 1. The molecule has 1 atom stereocenters. The Balaban J connectivity index is 1.80. The quantitative estimate of drug-likeness (QED) is 0.850. The average molecular weight is 228 g/mol. The van der Waals surface area contributed by atoms with Crippen LogP contribution in [0.5, 0.6) is 0 Å². The minimum atomic E-state index is 0.304. The first-order valence-corrected chi connectivity index (χ1v) is 6.08. The maximum absolute atomic E-state index is 5.72. The van der Waals surface area contributed by atoms with Gasteiger partial charge in [0, 0.05) is 24.7 Å². The summed E-state index contributed by atoms with van der Waals surface area (Å²) in [6.45, 7) is 2.74. The highest BCUT2D eigenvalue weighted by molar-refractivity contribution is 5.78. The van der Waals surface area contributed by atoms with Crippen LogP contribution < -0.4 is 5.32 Å². The smallest absolute Gasteiger partial charge is 0.0740 e. The zero-order valence-corrected chi connectivity index (χ0v) is 9.73. The zero-order valence-electron chi connectivity index (χ0n) is 9.73. The number of nitrogens with zero attached hydrogens (tertiary/aromatic N) is 1. The lowest BCUT2D eigenvalue weighted by atomic mass is 10.0. The summed E-state index contributed by atoms with van der Waals surface area (Å²) in [6.07, 6.45) is 3.10. The molecule has 0 radical (unpaired) electrons. The molecule has 1 unspecified atom stereocenters. The highest BCUT2D eigenvalue weighted by atomic mass is 16.5. The van der Waals surface area contributed by atoms with Crippen LogP contribution in [0.2, 0.25) is 0 Å². The standard InChI is InChI=1S/C14H16N2O/c1-2-12-8-11(3-4-14(12)16-5-1)9-13-10-15-6-7-17-13/h1-5,8,13,15H,6-7,9-10H2. The van der Waals surface area contributed by atoms with E-state index in [2.05, 4.69) is 34.6 Å². The summed E-state index contributed by atoms with van der Waals surface area (Å²) < 4.78 is 5.72. The van der Waals surface area contributed by atoms with Gasteiger partial charge in [-0.3, -0.25) is 4.98 Å². The van der Waals surface area contributed by atoms with Crippen molar-refractivity contribution in [2.24, 2.45) is 0 Å². The molecule has 1 aliphatic rings. The Hall–Kier alpha value is -1.45. The number of ether oxygens (including phenoxy) is 1. The summed E-state index contributed by atoms with van der Waals surface area (Å²) in [5.41, 5.74) is 2.37. The van der Waals surface area contributed by atoms with Gasteiger partial charge in [0.1, 0.15) is 0 Å². The molecular formula is C14H16N2O. The van der Waals surface area contributed by atoms with Gasteiger partial charge in [-0.25, -0.2) is 0 Å². The predicted octanol–water partition coefficient (Wildman–Crippen LogP) is 1.77. The molecule has 3 rings (SSSR count). The van der Waals surface area contributed by atoms with Gasteiger partial charge in [0.25, 0.3) is 0 Å². The Bertz CT molecular complexity index is 506. The highest BCUT2D eigenvalue weighted by Gasteiger charge is 2.13. The number of morpholine rings is 1. The van der Waals surface area contributed by atoms with Crippen LogP contribution in [-0.4, -0.2) is 30.8 Å². The molecular weight excluding hydrogens is 212 g/mol. The molecule has 1 aromatic carbocycles. The maximum atomic E-state index is 5.72. The van der Waals surface area contributed by atoms with Gasteiger partial charge in [0.15, 0.2) is 0 Å². The largest absolute Gasteiger partial charge is 0.375 e. The molecule has 0 spiro atoms. The van der Waals surface area contributed by atoms with E-state index in [0.717, 1.165) is 31.6 Å². The number of benzene rings is 1. The van der Waals surface area contributed by atoms with E-state index in [-0.39, 0.29) is 0 Å². The molecule has 0 amide bonds. The number of nitrogens with one attached hydrogen (secondary N) is 1. The number of fused-ring (bicyclic) bond motifs is 1. The van der Waals surface area contributed by atoms with Crippen molar-refractivity contribution < 1.29 is 4.74 Å². The Morgan fingerprint density at radius 3 is 3.24 bits per heavy atom. The molecule has 1 aliphatic heterocycles. The van der Waals surface area contributed by atoms with Crippen LogP contribution in [0.15, 0.2) is 36.5 Å². The van der Waals surface area contributed by atoms with Crippen molar-refractivity contribution in [2.75, 3.05) is 19.7 Å². The fourth-order valence-corrected chi connectivity index (χ4v) is 2.27. The molecule has 3 nitrogen and oxygen atoms in total. The maximum Gasteiger partial charge on any atom is 0.0740 e. The molecule has 0 aliphatic carbocycles. The Labute approximate surface area is 101 Å². The summed E-state index contributed by atoms with van der Waals surface area (Å²) in [5, 5.41) is 4.56. The topological polar surface area (TPSA) is 34.2 Å². The van der Waals surface area contributed by atoms with E-state index in [1.54, 1.807) is 0 Å². The number of hydrogen-bond acceptors (Lipinski definition) is 3. The fourth-order valence-electron chi connectivity index (χ4n) is 2.27. The first kappa shape index (κ1) is 10.7. The minimum Gasteiger partial charge on any atom is -0.375 e. The van der Waals surface area contributed by atoms with Gasteiger partial charge in [-0.05, 0) is 30.2 Å². The summed E-state index contributed by atoms with van der Waals surface area (Å²) in [4.78, 5) is 4.33. The van der Waals surface area contributed by atoms with Crippen molar-refractivity contribution in [3.05, 3.63) is 42.1 Å². The number of hydrogen-bond donors (Lipinski definition) is 1. The van der Waals surface area contributed by atoms with Crippen LogP contribution in [0.3, 0.4) is 0 Å². The Morgan fingerprint density at radius 1 is 1.35 bits per heavy atom. The van der Waals surface area contributed by atoms with Crippen LogP contribution in [0.4, 0.5) is 0 Å². The molecule has 2 heterocycles. The third-order valence-electron chi connectivity index (χ3n) is 3.14. The lowest BCUT2D eigenvalue weighted by molar-refractivity contribution is 0.0292. The van der Waals surface area contributed by atoms with Crippen molar-refractivity contribution in [1.82, 2.24) is 10.3 Å². The van der Waals surface area contributed by atoms with E-state index in [1.165, 1.54) is 10.9 Å². The summed E-state index contributed by atoms with van der Waals surface area (Å²) in [6, 6.07) is 10.5. The van der Waals surface area contributed by atoms with Gasteiger partial charge in [-0.1, -0.05) is 12.1 Å². The van der Waals surface area contributed by atoms with Gasteiger partial charge in [0.05, 0.1) is 18.2 Å². The second-order valence-corrected chi connectivity index (χ2v) is 4.43. The first-order chi connectivity index (χ1) is 8.42. The van der Waals surface area contributed by atoms with Gasteiger partial charge in [-0.15, -0.1) is 0 Å². The molecule has 1 fully saturated rings. The predicted molar refractivity (Wildman–Crippen MR) is 68.1 cm³/mol. The van der Waals surface area contributed by atoms with Crippen LogP contribution in [0.25, 0.3) is 10.9 Å². The molecule has 3 heteroatoms. The Morgan fingerprint density at radius 2 is 2.35 bits per heavy atom. The van der Waals surface area contributed by atoms with E-state index >= 15 is 0 Å². The normalized spacial score (nSPS) is 20.6. The Kier molecular flexibility index (Phi) is 3.03. The summed E-state index contributed by atoms with van der Waals surface area (Å²) in [5.74, 6) is 0. The first-order valence-electron chi connectivity index (χ1n) is 6.08. The van der Waals surface area contributed by atoms with Gasteiger partial charge < -0.3 is 10.1 Å². The molecule has 1 aromatic heterocycles. The van der Waals surface area contributed by atoms with Crippen LogP contribution in [0.1, 0.15) is 5.56 Å². The van der Waals surface area contributed by atoms with E-state index in [9.17, 15) is 0 Å². The average Bonchev–Trinajstić information content (AvgIpc) is 2.40. The van der Waals surface area contributed by atoms with Crippen molar-refractivity contribution in [3.63, 3.8) is 0 Å². The number of rotatable bonds is 2. The lowest BCUT2D eigenvalue weighted by Gasteiger charge is -2.23. The summed E-state index contributed by atoms with van der Waals surface area (Å²) in [7, 11) is 0. The van der Waals surface area contributed by atoms with Crippen LogP contribution in [-0.2, 0) is 11.2 Å². The lowest BCUT2D eigenvalue weighted by Crippen LogP contribution is -2.39. The molecule has 0 bridgehead atoms. The van der Waals surface area contributed by atoms with Crippen molar-refractivity contribution in [1.29, 1.82) is 0 Å². The van der Waals surface area contributed by atoms with Gasteiger partial charge >= 0.3 is 0 Å². The fraction of sp³-hybridized carbons (Fsp3) is 0.357. The van der Waals surface area contributed by atoms with E-state index in [4.69, 9.17) is 4.74 Å². The van der Waals surface area contributed by atoms with Crippen LogP contribution in [0, 0.1) is 0 Å². The molecule has 1 N–H and O–H groups in total. The third kappa shape index (κ3) is 2.46. The number of pyridine rings is 1. The molecule has 17 heavy (non-hydrogen) atoms.